The molecule has 2 heterocycles. The number of anilines is 3. The molecule has 0 saturated heterocycles. The van der Waals surface area contributed by atoms with Crippen LogP contribution in [0, 0.1) is 0 Å². The fourth-order valence-corrected chi connectivity index (χ4v) is 10.5. The summed E-state index contributed by atoms with van der Waals surface area (Å²) in [5.74, 6) is 0. The van der Waals surface area contributed by atoms with E-state index in [-0.39, 0.29) is 0 Å². The van der Waals surface area contributed by atoms with Gasteiger partial charge >= 0.3 is 0 Å². The normalized spacial score (nSPS) is 11.6. The van der Waals surface area contributed by atoms with Crippen molar-refractivity contribution < 1.29 is 0 Å². The molecule has 3 heteroatoms. The van der Waals surface area contributed by atoms with E-state index >= 15 is 0 Å². The van der Waals surface area contributed by atoms with Gasteiger partial charge in [0, 0.05) is 57.3 Å². The van der Waals surface area contributed by atoms with Gasteiger partial charge in [0.15, 0.2) is 0 Å². The minimum absolute atomic E-state index is 1.11. The fourth-order valence-electron chi connectivity index (χ4n) is 8.25. The highest BCUT2D eigenvalue weighted by molar-refractivity contribution is 7.26. The maximum absolute atomic E-state index is 2.45. The molecule has 0 saturated carbocycles. The quantitative estimate of drug-likeness (QED) is 0.164. The van der Waals surface area contributed by atoms with Crippen molar-refractivity contribution in [1.82, 2.24) is 0 Å². The molecule has 0 amide bonds. The summed E-state index contributed by atoms with van der Waals surface area (Å²) in [6, 6.07) is 73.6. The monoisotopic (exact) mass is 735 g/mol. The number of para-hydroxylation sites is 1. The average molecular weight is 736 g/mol. The first-order valence-corrected chi connectivity index (χ1v) is 20.3. The first kappa shape index (κ1) is 32.0. The topological polar surface area (TPSA) is 3.24 Å². The Kier molecular flexibility index (Phi) is 7.61. The number of rotatable bonds is 6. The van der Waals surface area contributed by atoms with Crippen molar-refractivity contribution in [1.29, 1.82) is 0 Å². The lowest BCUT2D eigenvalue weighted by atomic mass is 9.97. The Morgan fingerprint density at radius 1 is 0.309 bits per heavy atom. The van der Waals surface area contributed by atoms with Crippen LogP contribution in [0.15, 0.2) is 200 Å². The van der Waals surface area contributed by atoms with Gasteiger partial charge in [0.05, 0.1) is 5.69 Å². The van der Waals surface area contributed by atoms with Crippen LogP contribution in [0.25, 0.3) is 84.5 Å². The van der Waals surface area contributed by atoms with E-state index in [0.717, 1.165) is 17.1 Å². The molecule has 1 nitrogen and oxygen atoms in total. The molecule has 11 aromatic rings. The molecular weight excluding hydrogens is 703 g/mol. The van der Waals surface area contributed by atoms with E-state index in [2.05, 4.69) is 205 Å². The second kappa shape index (κ2) is 13.1. The predicted molar refractivity (Wildman–Crippen MR) is 241 cm³/mol. The van der Waals surface area contributed by atoms with E-state index in [1.807, 2.05) is 22.7 Å². The number of thiophene rings is 2. The number of hydrogen-bond acceptors (Lipinski definition) is 3. The van der Waals surface area contributed by atoms with Crippen LogP contribution in [0.5, 0.6) is 0 Å². The zero-order chi connectivity index (χ0) is 36.3. The SMILES string of the molecule is c1cc(-c2ccc3sc4ccccc4c3c2)cc(N(c2cccc(-c3cccc4sc5ccccc5c34)c2)c2ccccc2-c2ccc3ccccc3c2)c1. The summed E-state index contributed by atoms with van der Waals surface area (Å²) in [6.45, 7) is 0. The minimum atomic E-state index is 1.11. The molecular formula is C52H33NS2. The highest BCUT2D eigenvalue weighted by Crippen LogP contribution is 2.45. The average Bonchev–Trinajstić information content (AvgIpc) is 3.82. The molecule has 0 radical (unpaired) electrons. The lowest BCUT2D eigenvalue weighted by molar-refractivity contribution is 1.28. The van der Waals surface area contributed by atoms with Gasteiger partial charge < -0.3 is 4.90 Å². The van der Waals surface area contributed by atoms with E-state index in [0.29, 0.717) is 0 Å². The van der Waals surface area contributed by atoms with Crippen molar-refractivity contribution in [3.8, 4) is 33.4 Å². The van der Waals surface area contributed by atoms with E-state index in [9.17, 15) is 0 Å². The smallest absolute Gasteiger partial charge is 0.0540 e. The zero-order valence-electron chi connectivity index (χ0n) is 29.8. The Bertz CT molecular complexity index is 3240. The van der Waals surface area contributed by atoms with Crippen molar-refractivity contribution in [3.05, 3.63) is 200 Å². The maximum Gasteiger partial charge on any atom is 0.0540 e. The molecule has 0 spiro atoms. The van der Waals surface area contributed by atoms with Gasteiger partial charge in [-0.2, -0.15) is 0 Å². The summed E-state index contributed by atoms with van der Waals surface area (Å²) in [6.07, 6.45) is 0. The molecule has 9 aromatic carbocycles. The Hall–Kier alpha value is -6.52. The van der Waals surface area contributed by atoms with E-state index in [4.69, 9.17) is 0 Å². The van der Waals surface area contributed by atoms with Crippen LogP contribution in [0.3, 0.4) is 0 Å². The fraction of sp³-hybridized carbons (Fsp3) is 0. The highest BCUT2D eigenvalue weighted by Gasteiger charge is 2.20. The van der Waals surface area contributed by atoms with Crippen molar-refractivity contribution in [2.75, 3.05) is 4.90 Å². The van der Waals surface area contributed by atoms with Gasteiger partial charge in [0.2, 0.25) is 0 Å². The van der Waals surface area contributed by atoms with Crippen LogP contribution in [-0.2, 0) is 0 Å². The molecule has 55 heavy (non-hydrogen) atoms. The summed E-state index contributed by atoms with van der Waals surface area (Å²) in [4.78, 5) is 2.45. The summed E-state index contributed by atoms with van der Waals surface area (Å²) < 4.78 is 5.27. The largest absolute Gasteiger partial charge is 0.310 e. The lowest BCUT2D eigenvalue weighted by Gasteiger charge is -2.29. The Morgan fingerprint density at radius 3 is 1.75 bits per heavy atom. The Labute approximate surface area is 327 Å². The summed E-state index contributed by atoms with van der Waals surface area (Å²) in [7, 11) is 0. The zero-order valence-corrected chi connectivity index (χ0v) is 31.4. The Balaban J connectivity index is 1.11. The summed E-state index contributed by atoms with van der Waals surface area (Å²) in [5, 5.41) is 7.73. The predicted octanol–water partition coefficient (Wildman–Crippen LogP) is 16.0. The number of benzene rings is 9. The molecule has 0 aliphatic carbocycles. The molecule has 0 aliphatic rings. The van der Waals surface area contributed by atoms with Crippen molar-refractivity contribution in [2.45, 2.75) is 0 Å². The van der Waals surface area contributed by atoms with Crippen molar-refractivity contribution >= 4 is 90.9 Å². The molecule has 11 rings (SSSR count). The third-order valence-electron chi connectivity index (χ3n) is 10.8. The van der Waals surface area contributed by atoms with E-state index in [1.165, 1.54) is 84.5 Å². The van der Waals surface area contributed by atoms with Crippen LogP contribution >= 0.6 is 22.7 Å². The van der Waals surface area contributed by atoms with Gasteiger partial charge in [0.25, 0.3) is 0 Å². The first-order valence-electron chi connectivity index (χ1n) is 18.7. The second-order valence-corrected chi connectivity index (χ2v) is 16.3. The van der Waals surface area contributed by atoms with Crippen LogP contribution in [-0.4, -0.2) is 0 Å². The first-order chi connectivity index (χ1) is 27.2. The highest BCUT2D eigenvalue weighted by atomic mass is 32.1. The standard InChI is InChI=1S/C52H33NS2/c1-2-13-35-30-39(27-26-34(35)12-1)42-18-3-6-22-47(42)53(40-16-9-14-36(31-40)37-28-29-50-46(33-37)44-19-4-7-23-48(44)54-50)41-17-10-15-38(32-41)43-21-11-25-51-52(43)45-20-5-8-24-49(45)55-51/h1-33H. The van der Waals surface area contributed by atoms with Gasteiger partial charge in [-0.1, -0.05) is 133 Å². The molecule has 0 atom stereocenters. The van der Waals surface area contributed by atoms with Gasteiger partial charge in [-0.25, -0.2) is 0 Å². The summed E-state index contributed by atoms with van der Waals surface area (Å²) >= 11 is 3.73. The summed E-state index contributed by atoms with van der Waals surface area (Å²) in [5.41, 5.74) is 10.6. The third-order valence-corrected chi connectivity index (χ3v) is 13.1. The van der Waals surface area contributed by atoms with E-state index in [1.54, 1.807) is 0 Å². The molecule has 0 unspecified atom stereocenters. The van der Waals surface area contributed by atoms with Crippen LogP contribution in [0.2, 0.25) is 0 Å². The third kappa shape index (κ3) is 5.51. The molecule has 0 fully saturated rings. The van der Waals surface area contributed by atoms with Gasteiger partial charge in [-0.3, -0.25) is 0 Å². The maximum atomic E-state index is 2.45. The van der Waals surface area contributed by atoms with Gasteiger partial charge in [0.1, 0.15) is 0 Å². The van der Waals surface area contributed by atoms with Crippen LogP contribution in [0.4, 0.5) is 17.1 Å². The van der Waals surface area contributed by atoms with Gasteiger partial charge in [-0.05, 0) is 105 Å². The number of hydrogen-bond donors (Lipinski definition) is 0. The lowest BCUT2D eigenvalue weighted by Crippen LogP contribution is -2.11. The van der Waals surface area contributed by atoms with Gasteiger partial charge in [-0.15, -0.1) is 22.7 Å². The molecule has 0 aliphatic heterocycles. The molecule has 0 bridgehead atoms. The van der Waals surface area contributed by atoms with Crippen LogP contribution in [0.1, 0.15) is 0 Å². The van der Waals surface area contributed by atoms with E-state index < -0.39 is 0 Å². The number of nitrogens with zero attached hydrogens (tertiary/aromatic N) is 1. The molecule has 2 aromatic heterocycles. The second-order valence-electron chi connectivity index (χ2n) is 14.1. The number of fused-ring (bicyclic) bond motifs is 7. The van der Waals surface area contributed by atoms with Crippen molar-refractivity contribution in [2.24, 2.45) is 0 Å². The minimum Gasteiger partial charge on any atom is -0.310 e. The van der Waals surface area contributed by atoms with Crippen LogP contribution < -0.4 is 4.90 Å². The molecule has 0 N–H and O–H groups in total. The molecule has 258 valence electrons. The Morgan fingerprint density at radius 2 is 0.873 bits per heavy atom. The van der Waals surface area contributed by atoms with Crippen molar-refractivity contribution in [3.63, 3.8) is 0 Å².